The Hall–Kier alpha value is -1.95. The Morgan fingerprint density at radius 2 is 2.37 bits per heavy atom. The zero-order chi connectivity index (χ0) is 13.8. The second-order valence-electron chi connectivity index (χ2n) is 4.42. The number of carbonyl (C=O) groups is 1. The Kier molecular flexibility index (Phi) is 4.11. The highest BCUT2D eigenvalue weighted by molar-refractivity contribution is 7.13. The number of nitrogen functional groups attached to an aromatic ring is 1. The van der Waals surface area contributed by atoms with Crippen molar-refractivity contribution in [3.63, 3.8) is 0 Å². The summed E-state index contributed by atoms with van der Waals surface area (Å²) in [6, 6.07) is 3.90. The van der Waals surface area contributed by atoms with Crippen molar-refractivity contribution in [2.45, 2.75) is 26.3 Å². The third-order valence-electron chi connectivity index (χ3n) is 2.75. The maximum Gasteiger partial charge on any atom is 0.271 e. The number of nitrogens with zero attached hydrogens (tertiary/aromatic N) is 2. The van der Waals surface area contributed by atoms with E-state index in [1.54, 1.807) is 11.6 Å². The lowest BCUT2D eigenvalue weighted by atomic mass is 10.1. The Morgan fingerprint density at radius 3 is 3.00 bits per heavy atom. The maximum absolute atomic E-state index is 11.9. The SMILES string of the molecule is Cc1cccnc1C[C@H](C)NC(=O)c1csc(N)n1. The lowest BCUT2D eigenvalue weighted by Gasteiger charge is -2.13. The summed E-state index contributed by atoms with van der Waals surface area (Å²) in [5, 5.41) is 4.95. The Labute approximate surface area is 115 Å². The second-order valence-corrected chi connectivity index (χ2v) is 5.31. The van der Waals surface area contributed by atoms with Crippen LogP contribution >= 0.6 is 11.3 Å². The van der Waals surface area contributed by atoms with Crippen LogP contribution in [-0.4, -0.2) is 21.9 Å². The monoisotopic (exact) mass is 276 g/mol. The molecule has 2 heterocycles. The van der Waals surface area contributed by atoms with E-state index < -0.39 is 0 Å². The zero-order valence-electron chi connectivity index (χ0n) is 10.9. The molecule has 1 atom stereocenters. The van der Waals surface area contributed by atoms with Gasteiger partial charge in [-0.15, -0.1) is 11.3 Å². The van der Waals surface area contributed by atoms with Crippen LogP contribution < -0.4 is 11.1 Å². The number of hydrogen-bond acceptors (Lipinski definition) is 5. The fraction of sp³-hybridized carbons (Fsp3) is 0.308. The summed E-state index contributed by atoms with van der Waals surface area (Å²) in [5.74, 6) is -0.200. The summed E-state index contributed by atoms with van der Waals surface area (Å²) in [5.41, 5.74) is 8.00. The van der Waals surface area contributed by atoms with Gasteiger partial charge in [-0.05, 0) is 25.5 Å². The molecule has 0 bridgehead atoms. The summed E-state index contributed by atoms with van der Waals surface area (Å²) in [4.78, 5) is 20.2. The Balaban J connectivity index is 1.96. The van der Waals surface area contributed by atoms with Gasteiger partial charge in [0.25, 0.3) is 5.91 Å². The number of rotatable bonds is 4. The lowest BCUT2D eigenvalue weighted by Crippen LogP contribution is -2.34. The fourth-order valence-corrected chi connectivity index (χ4v) is 2.31. The number of amides is 1. The number of carbonyl (C=O) groups excluding carboxylic acids is 1. The molecule has 0 radical (unpaired) electrons. The van der Waals surface area contributed by atoms with Gasteiger partial charge in [-0.3, -0.25) is 9.78 Å². The van der Waals surface area contributed by atoms with E-state index in [4.69, 9.17) is 5.73 Å². The highest BCUT2D eigenvalue weighted by atomic mass is 32.1. The molecule has 2 aromatic heterocycles. The largest absolute Gasteiger partial charge is 0.375 e. The smallest absolute Gasteiger partial charge is 0.271 e. The van der Waals surface area contributed by atoms with Gasteiger partial charge in [0.05, 0.1) is 0 Å². The van der Waals surface area contributed by atoms with Crippen molar-refractivity contribution in [1.82, 2.24) is 15.3 Å². The molecule has 2 rings (SSSR count). The van der Waals surface area contributed by atoms with Crippen LogP contribution in [0.25, 0.3) is 0 Å². The molecule has 1 amide bonds. The van der Waals surface area contributed by atoms with Gasteiger partial charge in [-0.25, -0.2) is 4.98 Å². The summed E-state index contributed by atoms with van der Waals surface area (Å²) < 4.78 is 0. The zero-order valence-corrected chi connectivity index (χ0v) is 11.7. The average Bonchev–Trinajstić information content (AvgIpc) is 2.79. The van der Waals surface area contributed by atoms with E-state index in [0.717, 1.165) is 11.3 Å². The third kappa shape index (κ3) is 3.51. The van der Waals surface area contributed by atoms with E-state index in [0.29, 0.717) is 17.2 Å². The van der Waals surface area contributed by atoms with E-state index in [1.165, 1.54) is 11.3 Å². The molecule has 0 fully saturated rings. The minimum atomic E-state index is -0.200. The van der Waals surface area contributed by atoms with Crippen molar-refractivity contribution in [2.24, 2.45) is 0 Å². The van der Waals surface area contributed by atoms with Gasteiger partial charge in [0.2, 0.25) is 0 Å². The number of anilines is 1. The van der Waals surface area contributed by atoms with Gasteiger partial charge >= 0.3 is 0 Å². The number of nitrogens with one attached hydrogen (secondary N) is 1. The van der Waals surface area contributed by atoms with E-state index in [-0.39, 0.29) is 11.9 Å². The topological polar surface area (TPSA) is 80.9 Å². The van der Waals surface area contributed by atoms with Crippen molar-refractivity contribution in [3.05, 3.63) is 40.7 Å². The molecule has 2 aromatic rings. The fourth-order valence-electron chi connectivity index (χ4n) is 1.76. The first-order valence-electron chi connectivity index (χ1n) is 5.98. The predicted octanol–water partition coefficient (Wildman–Crippen LogP) is 1.79. The summed E-state index contributed by atoms with van der Waals surface area (Å²) >= 11 is 1.26. The molecule has 0 aliphatic carbocycles. The van der Waals surface area contributed by atoms with Crippen LogP contribution in [0.2, 0.25) is 0 Å². The summed E-state index contributed by atoms with van der Waals surface area (Å²) in [7, 11) is 0. The first-order valence-corrected chi connectivity index (χ1v) is 6.86. The molecule has 100 valence electrons. The molecule has 0 aliphatic rings. The Bertz CT molecular complexity index is 582. The van der Waals surface area contributed by atoms with Crippen LogP contribution in [0.15, 0.2) is 23.7 Å². The van der Waals surface area contributed by atoms with Crippen molar-refractivity contribution < 1.29 is 4.79 Å². The van der Waals surface area contributed by atoms with Crippen LogP contribution in [0.1, 0.15) is 28.7 Å². The molecule has 6 heteroatoms. The predicted molar refractivity (Wildman–Crippen MR) is 76.1 cm³/mol. The summed E-state index contributed by atoms with van der Waals surface area (Å²) in [6.07, 6.45) is 2.45. The normalized spacial score (nSPS) is 12.1. The van der Waals surface area contributed by atoms with Crippen LogP contribution in [0.3, 0.4) is 0 Å². The van der Waals surface area contributed by atoms with Gasteiger partial charge < -0.3 is 11.1 Å². The number of hydrogen-bond donors (Lipinski definition) is 2. The first kappa shape index (κ1) is 13.5. The van der Waals surface area contributed by atoms with Gasteiger partial charge in [-0.2, -0.15) is 0 Å². The highest BCUT2D eigenvalue weighted by Crippen LogP contribution is 2.11. The van der Waals surface area contributed by atoms with Crippen molar-refractivity contribution in [2.75, 3.05) is 5.73 Å². The van der Waals surface area contributed by atoms with Crippen molar-refractivity contribution >= 4 is 22.4 Å². The molecule has 0 unspecified atom stereocenters. The molecular weight excluding hydrogens is 260 g/mol. The van der Waals surface area contributed by atoms with E-state index in [9.17, 15) is 4.79 Å². The molecule has 0 aromatic carbocycles. The third-order valence-corrected chi connectivity index (χ3v) is 3.42. The minimum absolute atomic E-state index is 0.0102. The van der Waals surface area contributed by atoms with Crippen LogP contribution in [-0.2, 0) is 6.42 Å². The van der Waals surface area contributed by atoms with Crippen molar-refractivity contribution in [1.29, 1.82) is 0 Å². The quantitative estimate of drug-likeness (QED) is 0.892. The molecule has 0 spiro atoms. The molecular formula is C13H16N4OS. The van der Waals surface area contributed by atoms with E-state index in [1.807, 2.05) is 26.0 Å². The van der Waals surface area contributed by atoms with Gasteiger partial charge in [0.1, 0.15) is 5.69 Å². The van der Waals surface area contributed by atoms with Crippen LogP contribution in [0, 0.1) is 6.92 Å². The van der Waals surface area contributed by atoms with Crippen LogP contribution in [0.4, 0.5) is 5.13 Å². The maximum atomic E-state index is 11.9. The number of pyridine rings is 1. The minimum Gasteiger partial charge on any atom is -0.375 e. The number of aromatic nitrogens is 2. The van der Waals surface area contributed by atoms with Gasteiger partial charge in [0, 0.05) is 29.7 Å². The molecule has 3 N–H and O–H groups in total. The molecule has 5 nitrogen and oxygen atoms in total. The van der Waals surface area contributed by atoms with E-state index >= 15 is 0 Å². The second kappa shape index (κ2) is 5.79. The van der Waals surface area contributed by atoms with Crippen LogP contribution in [0.5, 0.6) is 0 Å². The Morgan fingerprint density at radius 1 is 1.58 bits per heavy atom. The number of nitrogens with two attached hydrogens (primary N) is 1. The molecule has 19 heavy (non-hydrogen) atoms. The standard InChI is InChI=1S/C13H16N4OS/c1-8-4-3-5-15-10(8)6-9(2)16-12(18)11-7-19-13(14)17-11/h3-5,7,9H,6H2,1-2H3,(H2,14,17)(H,16,18)/t9-/m0/s1. The molecule has 0 saturated heterocycles. The lowest BCUT2D eigenvalue weighted by molar-refractivity contribution is 0.0935. The van der Waals surface area contributed by atoms with Gasteiger partial charge in [0.15, 0.2) is 5.13 Å². The number of aryl methyl sites for hydroxylation is 1. The van der Waals surface area contributed by atoms with E-state index in [2.05, 4.69) is 15.3 Å². The molecule has 0 saturated carbocycles. The first-order chi connectivity index (χ1) is 9.06. The van der Waals surface area contributed by atoms with Crippen molar-refractivity contribution in [3.8, 4) is 0 Å². The van der Waals surface area contributed by atoms with Gasteiger partial charge in [-0.1, -0.05) is 6.07 Å². The molecule has 0 aliphatic heterocycles. The summed E-state index contributed by atoms with van der Waals surface area (Å²) in [6.45, 7) is 3.96. The number of thiazole rings is 1. The highest BCUT2D eigenvalue weighted by Gasteiger charge is 2.14. The average molecular weight is 276 g/mol.